The zero-order chi connectivity index (χ0) is 15.5. The van der Waals surface area contributed by atoms with Gasteiger partial charge in [-0.25, -0.2) is 18.1 Å². The van der Waals surface area contributed by atoms with Gasteiger partial charge in [0.15, 0.2) is 4.90 Å². The standard InChI is InChI=1S/C10H10FN5O4S/c11-7-2-1-3-8(10(7)16(17)18)21(19,20)14-5-4-9-12-6-13-15-9/h1-3,6,14H,4-5H2,(H,12,13,15). The van der Waals surface area contributed by atoms with E-state index in [0.29, 0.717) is 5.82 Å². The van der Waals surface area contributed by atoms with Crippen LogP contribution in [0.4, 0.5) is 10.1 Å². The molecule has 11 heteroatoms. The Morgan fingerprint density at radius 1 is 1.43 bits per heavy atom. The average molecular weight is 315 g/mol. The Morgan fingerprint density at radius 3 is 2.81 bits per heavy atom. The molecule has 0 saturated carbocycles. The average Bonchev–Trinajstić information content (AvgIpc) is 2.91. The first kappa shape index (κ1) is 15.0. The molecular formula is C10H10FN5O4S. The Balaban J connectivity index is 2.20. The van der Waals surface area contributed by atoms with E-state index in [1.807, 2.05) is 0 Å². The number of benzene rings is 1. The van der Waals surface area contributed by atoms with Crippen LogP contribution in [0.5, 0.6) is 0 Å². The van der Waals surface area contributed by atoms with Crippen molar-refractivity contribution in [1.82, 2.24) is 19.9 Å². The molecule has 21 heavy (non-hydrogen) atoms. The summed E-state index contributed by atoms with van der Waals surface area (Å²) in [7, 11) is -4.21. The molecule has 9 nitrogen and oxygen atoms in total. The van der Waals surface area contributed by atoms with E-state index in [0.717, 1.165) is 18.2 Å². The van der Waals surface area contributed by atoms with Crippen molar-refractivity contribution < 1.29 is 17.7 Å². The van der Waals surface area contributed by atoms with E-state index in [1.54, 1.807) is 0 Å². The van der Waals surface area contributed by atoms with Crippen molar-refractivity contribution in [3.63, 3.8) is 0 Å². The zero-order valence-electron chi connectivity index (χ0n) is 10.5. The zero-order valence-corrected chi connectivity index (χ0v) is 11.3. The third-order valence-electron chi connectivity index (χ3n) is 2.54. The van der Waals surface area contributed by atoms with Crippen LogP contribution in [-0.4, -0.2) is 35.1 Å². The van der Waals surface area contributed by atoms with Crippen LogP contribution in [0.15, 0.2) is 29.4 Å². The van der Waals surface area contributed by atoms with E-state index in [9.17, 15) is 22.9 Å². The molecule has 1 heterocycles. The van der Waals surface area contributed by atoms with Gasteiger partial charge in [0.1, 0.15) is 12.2 Å². The summed E-state index contributed by atoms with van der Waals surface area (Å²) >= 11 is 0. The summed E-state index contributed by atoms with van der Waals surface area (Å²) in [4.78, 5) is 12.8. The lowest BCUT2D eigenvalue weighted by Crippen LogP contribution is -2.27. The third-order valence-corrected chi connectivity index (χ3v) is 4.03. The quantitative estimate of drug-likeness (QED) is 0.585. The van der Waals surface area contributed by atoms with Gasteiger partial charge in [0.2, 0.25) is 15.8 Å². The fourth-order valence-electron chi connectivity index (χ4n) is 1.62. The van der Waals surface area contributed by atoms with Crippen LogP contribution in [0, 0.1) is 15.9 Å². The van der Waals surface area contributed by atoms with Crippen LogP contribution in [0.1, 0.15) is 5.82 Å². The molecule has 112 valence electrons. The molecule has 0 spiro atoms. The second-order valence-electron chi connectivity index (χ2n) is 3.92. The number of hydrogen-bond donors (Lipinski definition) is 2. The number of H-pyrrole nitrogens is 1. The molecule has 0 aliphatic heterocycles. The predicted octanol–water partition coefficient (Wildman–Crippen LogP) is 0.373. The van der Waals surface area contributed by atoms with Gasteiger partial charge < -0.3 is 0 Å². The van der Waals surface area contributed by atoms with Crippen LogP contribution in [0.3, 0.4) is 0 Å². The molecule has 0 bridgehead atoms. The fraction of sp³-hybridized carbons (Fsp3) is 0.200. The van der Waals surface area contributed by atoms with Gasteiger partial charge in [0.25, 0.3) is 0 Å². The van der Waals surface area contributed by atoms with Crippen molar-refractivity contribution >= 4 is 15.7 Å². The minimum Gasteiger partial charge on any atom is -0.263 e. The lowest BCUT2D eigenvalue weighted by molar-refractivity contribution is -0.390. The van der Waals surface area contributed by atoms with Crippen molar-refractivity contribution in [3.05, 3.63) is 46.3 Å². The van der Waals surface area contributed by atoms with Gasteiger partial charge in [-0.15, -0.1) is 0 Å². The van der Waals surface area contributed by atoms with E-state index in [4.69, 9.17) is 0 Å². The number of nitrogens with one attached hydrogen (secondary N) is 2. The lowest BCUT2D eigenvalue weighted by atomic mass is 10.3. The Bertz CT molecular complexity index is 747. The van der Waals surface area contributed by atoms with Crippen molar-refractivity contribution in [2.24, 2.45) is 0 Å². The van der Waals surface area contributed by atoms with Gasteiger partial charge in [-0.3, -0.25) is 15.2 Å². The van der Waals surface area contributed by atoms with Crippen molar-refractivity contribution in [2.75, 3.05) is 6.54 Å². The van der Waals surface area contributed by atoms with Crippen LogP contribution >= 0.6 is 0 Å². The minimum atomic E-state index is -4.21. The van der Waals surface area contributed by atoms with Crippen LogP contribution in [0.2, 0.25) is 0 Å². The highest BCUT2D eigenvalue weighted by Gasteiger charge is 2.29. The molecule has 0 aliphatic rings. The summed E-state index contributed by atoms with van der Waals surface area (Å²) in [5.41, 5.74) is -1.08. The van der Waals surface area contributed by atoms with Gasteiger partial charge in [0, 0.05) is 13.0 Å². The molecule has 0 atom stereocenters. The maximum Gasteiger partial charge on any atom is 0.324 e. The molecule has 0 unspecified atom stereocenters. The van der Waals surface area contributed by atoms with Gasteiger partial charge >= 0.3 is 5.69 Å². The van der Waals surface area contributed by atoms with E-state index in [-0.39, 0.29) is 13.0 Å². The number of nitro benzene ring substituents is 1. The Hall–Kier alpha value is -2.40. The summed E-state index contributed by atoms with van der Waals surface area (Å²) in [5, 5.41) is 16.9. The normalized spacial score (nSPS) is 11.5. The monoisotopic (exact) mass is 315 g/mol. The molecule has 0 saturated heterocycles. The van der Waals surface area contributed by atoms with Gasteiger partial charge in [0.05, 0.1) is 4.92 Å². The number of nitrogens with zero attached hydrogens (tertiary/aromatic N) is 3. The number of para-hydroxylation sites is 1. The topological polar surface area (TPSA) is 131 Å². The number of hydrogen-bond acceptors (Lipinski definition) is 6. The van der Waals surface area contributed by atoms with E-state index in [1.165, 1.54) is 6.33 Å². The van der Waals surface area contributed by atoms with Gasteiger partial charge in [-0.05, 0) is 12.1 Å². The molecule has 2 aromatic rings. The van der Waals surface area contributed by atoms with Gasteiger partial charge in [-0.2, -0.15) is 9.49 Å². The number of aromatic amines is 1. The van der Waals surface area contributed by atoms with Crippen LogP contribution < -0.4 is 4.72 Å². The summed E-state index contributed by atoms with van der Waals surface area (Å²) in [6.07, 6.45) is 1.48. The third kappa shape index (κ3) is 3.38. The lowest BCUT2D eigenvalue weighted by Gasteiger charge is -2.06. The van der Waals surface area contributed by atoms with Crippen molar-refractivity contribution in [2.45, 2.75) is 11.3 Å². The molecule has 0 amide bonds. The summed E-state index contributed by atoms with van der Waals surface area (Å²) < 4.78 is 39.6. The van der Waals surface area contributed by atoms with E-state index in [2.05, 4.69) is 19.9 Å². The highest BCUT2D eigenvalue weighted by Crippen LogP contribution is 2.26. The molecule has 2 N–H and O–H groups in total. The first-order valence-electron chi connectivity index (χ1n) is 5.68. The van der Waals surface area contributed by atoms with E-state index >= 15 is 0 Å². The smallest absolute Gasteiger partial charge is 0.263 e. The Labute approximate surface area is 118 Å². The molecule has 0 aliphatic carbocycles. The summed E-state index contributed by atoms with van der Waals surface area (Å²) in [5.74, 6) is -0.760. The number of aromatic nitrogens is 3. The molecule has 1 aromatic heterocycles. The largest absolute Gasteiger partial charge is 0.324 e. The van der Waals surface area contributed by atoms with Gasteiger partial charge in [-0.1, -0.05) is 6.07 Å². The van der Waals surface area contributed by atoms with Crippen molar-refractivity contribution in [3.8, 4) is 0 Å². The first-order valence-corrected chi connectivity index (χ1v) is 7.17. The van der Waals surface area contributed by atoms with Crippen LogP contribution in [0.25, 0.3) is 0 Å². The number of halogens is 1. The summed E-state index contributed by atoms with van der Waals surface area (Å²) in [6.45, 7) is -0.0643. The number of sulfonamides is 1. The maximum atomic E-state index is 13.4. The Morgan fingerprint density at radius 2 is 2.19 bits per heavy atom. The highest BCUT2D eigenvalue weighted by molar-refractivity contribution is 7.89. The molecule has 0 radical (unpaired) electrons. The highest BCUT2D eigenvalue weighted by atomic mass is 32.2. The molecule has 0 fully saturated rings. The SMILES string of the molecule is O=[N+]([O-])c1c(F)cccc1S(=O)(=O)NCCc1ncn[nH]1. The van der Waals surface area contributed by atoms with Crippen LogP contribution in [-0.2, 0) is 16.4 Å². The first-order chi connectivity index (χ1) is 9.92. The summed E-state index contributed by atoms with van der Waals surface area (Å²) in [6, 6.07) is 2.89. The molecule has 1 aromatic carbocycles. The molecule has 2 rings (SSSR count). The maximum absolute atomic E-state index is 13.4. The fourth-order valence-corrected chi connectivity index (χ4v) is 2.83. The second kappa shape index (κ2) is 5.93. The minimum absolute atomic E-state index is 0.0643. The second-order valence-corrected chi connectivity index (χ2v) is 5.66. The number of rotatable bonds is 6. The molecular weight excluding hydrogens is 305 g/mol. The predicted molar refractivity (Wildman–Crippen MR) is 68.3 cm³/mol. The van der Waals surface area contributed by atoms with Crippen molar-refractivity contribution in [1.29, 1.82) is 0 Å². The Kier molecular flexibility index (Phi) is 4.23. The number of nitro groups is 1. The van der Waals surface area contributed by atoms with E-state index < -0.39 is 31.3 Å².